The van der Waals surface area contributed by atoms with Crippen molar-refractivity contribution in [1.29, 1.82) is 0 Å². The highest BCUT2D eigenvalue weighted by Gasteiger charge is 2.08. The average Bonchev–Trinajstić information content (AvgIpc) is 2.29. The summed E-state index contributed by atoms with van der Waals surface area (Å²) in [5.74, 6) is 0.0587. The molecule has 1 aromatic rings. The highest BCUT2D eigenvalue weighted by Crippen LogP contribution is 2.11. The molecule has 0 saturated heterocycles. The minimum absolute atomic E-state index is 0.0587. The molecule has 0 aromatic heterocycles. The lowest BCUT2D eigenvalue weighted by atomic mass is 10.0. The second kappa shape index (κ2) is 5.80. The number of hydrogen-bond donors (Lipinski definition) is 0. The van der Waals surface area contributed by atoms with Gasteiger partial charge in [-0.15, -0.1) is 0 Å². The van der Waals surface area contributed by atoms with E-state index in [1.54, 1.807) is 0 Å². The number of carbonyl (C=O) groups excluding carboxylic acids is 1. The third kappa shape index (κ3) is 3.46. The molecule has 88 valence electrons. The van der Waals surface area contributed by atoms with Crippen molar-refractivity contribution in [1.82, 2.24) is 0 Å². The van der Waals surface area contributed by atoms with E-state index in [9.17, 15) is 4.79 Å². The van der Waals surface area contributed by atoms with Gasteiger partial charge in [0.2, 0.25) is 0 Å². The van der Waals surface area contributed by atoms with Gasteiger partial charge < -0.3 is 4.74 Å². The first-order valence-corrected chi connectivity index (χ1v) is 5.76. The SMILES string of the molecule is CCC(C)OCC(=O)c1ccc(C)c(C)c1. The van der Waals surface area contributed by atoms with Crippen LogP contribution in [0.5, 0.6) is 0 Å². The van der Waals surface area contributed by atoms with Crippen LogP contribution in [0.25, 0.3) is 0 Å². The number of rotatable bonds is 5. The van der Waals surface area contributed by atoms with E-state index in [1.165, 1.54) is 5.56 Å². The van der Waals surface area contributed by atoms with E-state index in [2.05, 4.69) is 0 Å². The molecule has 0 aliphatic rings. The highest BCUT2D eigenvalue weighted by atomic mass is 16.5. The summed E-state index contributed by atoms with van der Waals surface area (Å²) in [4.78, 5) is 11.8. The van der Waals surface area contributed by atoms with Crippen LogP contribution in [0.4, 0.5) is 0 Å². The van der Waals surface area contributed by atoms with Crippen molar-refractivity contribution in [3.8, 4) is 0 Å². The topological polar surface area (TPSA) is 26.3 Å². The molecule has 2 heteroatoms. The van der Waals surface area contributed by atoms with Crippen LogP contribution in [0.3, 0.4) is 0 Å². The molecule has 0 N–H and O–H groups in total. The van der Waals surface area contributed by atoms with Gasteiger partial charge in [0.15, 0.2) is 5.78 Å². The molecule has 1 rings (SSSR count). The first kappa shape index (κ1) is 12.9. The normalized spacial score (nSPS) is 12.5. The fourth-order valence-corrected chi connectivity index (χ4v) is 1.33. The molecule has 0 bridgehead atoms. The van der Waals surface area contributed by atoms with Crippen molar-refractivity contribution in [3.63, 3.8) is 0 Å². The summed E-state index contributed by atoms with van der Waals surface area (Å²) in [6.45, 7) is 8.26. The third-order valence-corrected chi connectivity index (χ3v) is 2.90. The summed E-state index contributed by atoms with van der Waals surface area (Å²) < 4.78 is 5.43. The van der Waals surface area contributed by atoms with Crippen LogP contribution in [-0.2, 0) is 4.74 Å². The fourth-order valence-electron chi connectivity index (χ4n) is 1.33. The van der Waals surface area contributed by atoms with Crippen LogP contribution in [-0.4, -0.2) is 18.5 Å². The molecule has 1 aromatic carbocycles. The highest BCUT2D eigenvalue weighted by molar-refractivity contribution is 5.97. The summed E-state index contributed by atoms with van der Waals surface area (Å²) >= 11 is 0. The predicted molar refractivity (Wildman–Crippen MR) is 66.0 cm³/mol. The van der Waals surface area contributed by atoms with Gasteiger partial charge in [0.05, 0.1) is 6.10 Å². The first-order valence-electron chi connectivity index (χ1n) is 5.76. The maximum absolute atomic E-state index is 11.8. The van der Waals surface area contributed by atoms with Gasteiger partial charge in [0, 0.05) is 5.56 Å². The minimum Gasteiger partial charge on any atom is -0.370 e. The Balaban J connectivity index is 2.63. The van der Waals surface area contributed by atoms with Gasteiger partial charge in [-0.3, -0.25) is 4.79 Å². The molecule has 0 amide bonds. The molecule has 0 aliphatic heterocycles. The Hall–Kier alpha value is -1.15. The van der Waals surface area contributed by atoms with Crippen LogP contribution >= 0.6 is 0 Å². The van der Waals surface area contributed by atoms with Crippen LogP contribution < -0.4 is 0 Å². The summed E-state index contributed by atoms with van der Waals surface area (Å²) in [6.07, 6.45) is 1.08. The molecule has 16 heavy (non-hydrogen) atoms. The molecule has 0 aliphatic carbocycles. The first-order chi connectivity index (χ1) is 7.54. The van der Waals surface area contributed by atoms with Gasteiger partial charge in [0.25, 0.3) is 0 Å². The quantitative estimate of drug-likeness (QED) is 0.712. The van der Waals surface area contributed by atoms with Crippen molar-refractivity contribution in [2.75, 3.05) is 6.61 Å². The number of Topliss-reactive ketones (excluding diaryl/α,β-unsaturated/α-hetero) is 1. The van der Waals surface area contributed by atoms with Gasteiger partial charge in [-0.2, -0.15) is 0 Å². The zero-order valence-corrected chi connectivity index (χ0v) is 10.5. The van der Waals surface area contributed by atoms with Crippen LogP contribution in [0.1, 0.15) is 41.8 Å². The van der Waals surface area contributed by atoms with Gasteiger partial charge in [-0.25, -0.2) is 0 Å². The van der Waals surface area contributed by atoms with Crippen LogP contribution in [0.2, 0.25) is 0 Å². The Morgan fingerprint density at radius 2 is 2.00 bits per heavy atom. The van der Waals surface area contributed by atoms with E-state index in [0.29, 0.717) is 0 Å². The van der Waals surface area contributed by atoms with E-state index in [0.717, 1.165) is 17.5 Å². The summed E-state index contributed by atoms with van der Waals surface area (Å²) in [5.41, 5.74) is 3.10. The predicted octanol–water partition coefficient (Wildman–Crippen LogP) is 3.30. The smallest absolute Gasteiger partial charge is 0.188 e. The van der Waals surface area contributed by atoms with E-state index in [-0.39, 0.29) is 18.5 Å². The number of benzene rings is 1. The maximum atomic E-state index is 11.8. The van der Waals surface area contributed by atoms with Gasteiger partial charge in [-0.05, 0) is 44.4 Å². The number of carbonyl (C=O) groups is 1. The zero-order chi connectivity index (χ0) is 12.1. The molecular weight excluding hydrogens is 200 g/mol. The van der Waals surface area contributed by atoms with E-state index in [4.69, 9.17) is 4.74 Å². The molecule has 0 fully saturated rings. The molecule has 1 unspecified atom stereocenters. The third-order valence-electron chi connectivity index (χ3n) is 2.90. The molecule has 0 spiro atoms. The summed E-state index contributed by atoms with van der Waals surface area (Å²) in [5, 5.41) is 0. The lowest BCUT2D eigenvalue weighted by molar-refractivity contribution is 0.0511. The Bertz CT molecular complexity index is 369. The standard InChI is InChI=1S/C14H20O2/c1-5-12(4)16-9-14(15)13-7-6-10(2)11(3)8-13/h6-8,12H,5,9H2,1-4H3. The number of hydrogen-bond acceptors (Lipinski definition) is 2. The van der Waals surface area contributed by atoms with E-state index < -0.39 is 0 Å². The average molecular weight is 220 g/mol. The minimum atomic E-state index is 0.0587. The van der Waals surface area contributed by atoms with Gasteiger partial charge in [-0.1, -0.05) is 19.1 Å². The van der Waals surface area contributed by atoms with Crippen molar-refractivity contribution >= 4 is 5.78 Å². The van der Waals surface area contributed by atoms with E-state index >= 15 is 0 Å². The van der Waals surface area contributed by atoms with Crippen molar-refractivity contribution in [2.24, 2.45) is 0 Å². The van der Waals surface area contributed by atoms with E-state index in [1.807, 2.05) is 45.9 Å². The summed E-state index contributed by atoms with van der Waals surface area (Å²) in [6, 6.07) is 5.77. The molecule has 0 radical (unpaired) electrons. The van der Waals surface area contributed by atoms with Gasteiger partial charge >= 0.3 is 0 Å². The second-order valence-electron chi connectivity index (χ2n) is 4.25. The monoisotopic (exact) mass is 220 g/mol. The van der Waals surface area contributed by atoms with Crippen molar-refractivity contribution in [2.45, 2.75) is 40.2 Å². The van der Waals surface area contributed by atoms with Crippen LogP contribution in [0, 0.1) is 13.8 Å². The molecule has 1 atom stereocenters. The second-order valence-corrected chi connectivity index (χ2v) is 4.25. The Morgan fingerprint density at radius 3 is 2.56 bits per heavy atom. The number of ketones is 1. The van der Waals surface area contributed by atoms with Crippen molar-refractivity contribution in [3.05, 3.63) is 34.9 Å². The lowest BCUT2D eigenvalue weighted by Crippen LogP contribution is -2.15. The molecule has 0 saturated carbocycles. The van der Waals surface area contributed by atoms with Crippen LogP contribution in [0.15, 0.2) is 18.2 Å². The van der Waals surface area contributed by atoms with Gasteiger partial charge in [0.1, 0.15) is 6.61 Å². The Morgan fingerprint density at radius 1 is 1.31 bits per heavy atom. The Kier molecular flexibility index (Phi) is 4.69. The Labute approximate surface area is 97.6 Å². The summed E-state index contributed by atoms with van der Waals surface area (Å²) in [7, 11) is 0. The zero-order valence-electron chi connectivity index (χ0n) is 10.5. The molecular formula is C14H20O2. The molecule has 0 heterocycles. The maximum Gasteiger partial charge on any atom is 0.188 e. The van der Waals surface area contributed by atoms with Crippen molar-refractivity contribution < 1.29 is 9.53 Å². The largest absolute Gasteiger partial charge is 0.370 e. The molecule has 2 nitrogen and oxygen atoms in total. The fraction of sp³-hybridized carbons (Fsp3) is 0.500. The number of ether oxygens (including phenoxy) is 1. The lowest BCUT2D eigenvalue weighted by Gasteiger charge is -2.10. The number of aryl methyl sites for hydroxylation is 2.